The van der Waals surface area contributed by atoms with Crippen molar-refractivity contribution in [2.75, 3.05) is 11.9 Å². The Kier molecular flexibility index (Phi) is 6.02. The standard InChI is InChI=1S/C16H13ClN4O2S3/c1-2-13-19-20-15(26-13)18-12(22)8-21-14(23)11(25-16(21)24)7-9-3-5-10(17)6-4-9/h3-7H,2,8H2,1H3,(H,18,20,22)/b11-7-. The van der Waals surface area contributed by atoms with Gasteiger partial charge in [-0.05, 0) is 30.2 Å². The number of hydrogen-bond donors (Lipinski definition) is 1. The predicted molar refractivity (Wildman–Crippen MR) is 109 cm³/mol. The second kappa shape index (κ2) is 8.26. The first kappa shape index (κ1) is 19.0. The second-order valence-corrected chi connectivity index (χ2v) is 8.40. The number of anilines is 1. The minimum Gasteiger partial charge on any atom is -0.299 e. The van der Waals surface area contributed by atoms with Crippen molar-refractivity contribution in [3.63, 3.8) is 0 Å². The van der Waals surface area contributed by atoms with Gasteiger partial charge in [-0.3, -0.25) is 19.8 Å². The fraction of sp³-hybridized carbons (Fsp3) is 0.188. The van der Waals surface area contributed by atoms with E-state index in [2.05, 4.69) is 15.5 Å². The molecule has 10 heteroatoms. The largest absolute Gasteiger partial charge is 0.299 e. The van der Waals surface area contributed by atoms with Crippen molar-refractivity contribution in [1.82, 2.24) is 15.1 Å². The van der Waals surface area contributed by atoms with Crippen LogP contribution in [0.15, 0.2) is 29.2 Å². The van der Waals surface area contributed by atoms with Gasteiger partial charge in [-0.1, -0.05) is 66.0 Å². The zero-order valence-corrected chi connectivity index (χ0v) is 16.8. The van der Waals surface area contributed by atoms with Crippen LogP contribution in [0.5, 0.6) is 0 Å². The molecule has 1 aliphatic rings. The summed E-state index contributed by atoms with van der Waals surface area (Å²) < 4.78 is 0.344. The molecule has 6 nitrogen and oxygen atoms in total. The molecular weight excluding hydrogens is 412 g/mol. The number of amides is 2. The van der Waals surface area contributed by atoms with Crippen LogP contribution in [-0.4, -0.2) is 37.8 Å². The summed E-state index contributed by atoms with van der Waals surface area (Å²) in [5.74, 6) is -0.663. The molecule has 2 amide bonds. The van der Waals surface area contributed by atoms with E-state index in [9.17, 15) is 9.59 Å². The molecule has 1 fully saturated rings. The topological polar surface area (TPSA) is 75.2 Å². The predicted octanol–water partition coefficient (Wildman–Crippen LogP) is 3.59. The van der Waals surface area contributed by atoms with Crippen molar-refractivity contribution < 1.29 is 9.59 Å². The third kappa shape index (κ3) is 4.47. The first-order valence-corrected chi connectivity index (χ1v) is 10.0. The van der Waals surface area contributed by atoms with Crippen LogP contribution in [0, 0.1) is 0 Å². The average molecular weight is 425 g/mol. The number of nitrogens with one attached hydrogen (secondary N) is 1. The summed E-state index contributed by atoms with van der Waals surface area (Å²) in [6.45, 7) is 1.79. The Morgan fingerprint density at radius 2 is 2.08 bits per heavy atom. The van der Waals surface area contributed by atoms with Gasteiger partial charge in [0.05, 0.1) is 4.91 Å². The maximum atomic E-state index is 12.5. The number of thioether (sulfide) groups is 1. The molecule has 2 aromatic rings. The maximum Gasteiger partial charge on any atom is 0.266 e. The molecule has 0 unspecified atom stereocenters. The number of rotatable bonds is 5. The average Bonchev–Trinajstić information content (AvgIpc) is 3.17. The Morgan fingerprint density at radius 1 is 1.35 bits per heavy atom. The van der Waals surface area contributed by atoms with Crippen molar-refractivity contribution in [2.45, 2.75) is 13.3 Å². The molecule has 1 aromatic carbocycles. The summed E-state index contributed by atoms with van der Waals surface area (Å²) in [5, 5.41) is 12.3. The number of aromatic nitrogens is 2. The molecule has 0 spiro atoms. The Hall–Kier alpha value is -1.81. The van der Waals surface area contributed by atoms with Gasteiger partial charge in [-0.25, -0.2) is 0 Å². The lowest BCUT2D eigenvalue weighted by atomic mass is 10.2. The lowest BCUT2D eigenvalue weighted by Gasteiger charge is -2.13. The van der Waals surface area contributed by atoms with Crippen molar-refractivity contribution in [3.8, 4) is 0 Å². The van der Waals surface area contributed by atoms with Crippen molar-refractivity contribution in [3.05, 3.63) is 44.8 Å². The van der Waals surface area contributed by atoms with Crippen LogP contribution in [0.3, 0.4) is 0 Å². The lowest BCUT2D eigenvalue weighted by molar-refractivity contribution is -0.126. The number of nitrogens with zero attached hydrogens (tertiary/aromatic N) is 3. The number of carbonyl (C=O) groups is 2. The molecule has 0 radical (unpaired) electrons. The Morgan fingerprint density at radius 3 is 2.73 bits per heavy atom. The molecule has 0 saturated carbocycles. The molecule has 0 atom stereocenters. The SMILES string of the molecule is CCc1nnc(NC(=O)CN2C(=O)/C(=C/c3ccc(Cl)cc3)SC2=S)s1. The number of hydrogen-bond acceptors (Lipinski definition) is 7. The normalized spacial score (nSPS) is 15.8. The van der Waals surface area contributed by atoms with E-state index in [1.165, 1.54) is 28.0 Å². The zero-order chi connectivity index (χ0) is 18.7. The van der Waals surface area contributed by atoms with Crippen molar-refractivity contribution >= 4 is 74.3 Å². The molecule has 2 heterocycles. The number of benzene rings is 1. The highest BCUT2D eigenvalue weighted by Gasteiger charge is 2.33. The lowest BCUT2D eigenvalue weighted by Crippen LogP contribution is -2.36. The minimum absolute atomic E-state index is 0.163. The number of thiocarbonyl (C=S) groups is 1. The van der Waals surface area contributed by atoms with Crippen LogP contribution in [0.1, 0.15) is 17.5 Å². The van der Waals surface area contributed by atoms with E-state index in [4.69, 9.17) is 23.8 Å². The molecule has 3 rings (SSSR count). The van der Waals surface area contributed by atoms with E-state index in [0.717, 1.165) is 17.0 Å². The van der Waals surface area contributed by atoms with E-state index in [1.807, 2.05) is 19.1 Å². The van der Waals surface area contributed by atoms with E-state index < -0.39 is 0 Å². The highest BCUT2D eigenvalue weighted by Crippen LogP contribution is 2.32. The van der Waals surface area contributed by atoms with Crippen LogP contribution >= 0.6 is 46.9 Å². The molecule has 1 N–H and O–H groups in total. The van der Waals surface area contributed by atoms with Gasteiger partial charge in [0.15, 0.2) is 0 Å². The Labute approximate surface area is 168 Å². The van der Waals surface area contributed by atoms with Crippen LogP contribution in [0.25, 0.3) is 6.08 Å². The van der Waals surface area contributed by atoms with Gasteiger partial charge < -0.3 is 0 Å². The molecular formula is C16H13ClN4O2S3. The van der Waals surface area contributed by atoms with Gasteiger partial charge >= 0.3 is 0 Å². The number of halogens is 1. The first-order valence-electron chi connectivity index (χ1n) is 7.59. The minimum atomic E-state index is -0.368. The van der Waals surface area contributed by atoms with Gasteiger partial charge in [-0.2, -0.15) is 0 Å². The number of aryl methyl sites for hydroxylation is 1. The summed E-state index contributed by atoms with van der Waals surface area (Å²) >= 11 is 13.6. The van der Waals surface area contributed by atoms with Gasteiger partial charge in [0.1, 0.15) is 15.9 Å². The van der Waals surface area contributed by atoms with E-state index in [-0.39, 0.29) is 18.4 Å². The molecule has 0 bridgehead atoms. The van der Waals surface area contributed by atoms with Crippen LogP contribution in [0.2, 0.25) is 5.02 Å². The summed E-state index contributed by atoms with van der Waals surface area (Å²) in [6.07, 6.45) is 2.48. The van der Waals surface area contributed by atoms with Gasteiger partial charge in [0.2, 0.25) is 11.0 Å². The number of carbonyl (C=O) groups excluding carboxylic acids is 2. The zero-order valence-electron chi connectivity index (χ0n) is 13.6. The van der Waals surface area contributed by atoms with Crippen LogP contribution < -0.4 is 5.32 Å². The van der Waals surface area contributed by atoms with Crippen LogP contribution in [-0.2, 0) is 16.0 Å². The first-order chi connectivity index (χ1) is 12.5. The van der Waals surface area contributed by atoms with Crippen molar-refractivity contribution in [1.29, 1.82) is 0 Å². The monoisotopic (exact) mass is 424 g/mol. The smallest absolute Gasteiger partial charge is 0.266 e. The van der Waals surface area contributed by atoms with E-state index in [1.54, 1.807) is 18.2 Å². The molecule has 26 heavy (non-hydrogen) atoms. The molecule has 134 valence electrons. The molecule has 1 aliphatic heterocycles. The fourth-order valence-electron chi connectivity index (χ4n) is 2.10. The third-order valence-corrected chi connectivity index (χ3v) is 5.97. The van der Waals surface area contributed by atoms with Gasteiger partial charge in [0, 0.05) is 5.02 Å². The highest BCUT2D eigenvalue weighted by atomic mass is 35.5. The molecule has 0 aliphatic carbocycles. The van der Waals surface area contributed by atoms with E-state index in [0.29, 0.717) is 19.4 Å². The Balaban J connectivity index is 1.66. The van der Waals surface area contributed by atoms with Gasteiger partial charge in [-0.15, -0.1) is 10.2 Å². The summed E-state index contributed by atoms with van der Waals surface area (Å²) in [7, 11) is 0. The highest BCUT2D eigenvalue weighted by molar-refractivity contribution is 8.26. The van der Waals surface area contributed by atoms with Crippen molar-refractivity contribution in [2.24, 2.45) is 0 Å². The summed E-state index contributed by atoms with van der Waals surface area (Å²) in [4.78, 5) is 26.5. The van der Waals surface area contributed by atoms with Gasteiger partial charge in [0.25, 0.3) is 5.91 Å². The fourth-order valence-corrected chi connectivity index (χ4v) is 4.17. The molecule has 1 aromatic heterocycles. The third-order valence-electron chi connectivity index (χ3n) is 3.36. The Bertz CT molecular complexity index is 895. The molecule has 1 saturated heterocycles. The second-order valence-electron chi connectivity index (χ2n) is 5.22. The maximum absolute atomic E-state index is 12.5. The quantitative estimate of drug-likeness (QED) is 0.584. The van der Waals surface area contributed by atoms with E-state index >= 15 is 0 Å². The van der Waals surface area contributed by atoms with Crippen LogP contribution in [0.4, 0.5) is 5.13 Å². The summed E-state index contributed by atoms with van der Waals surface area (Å²) in [6, 6.07) is 7.10. The summed E-state index contributed by atoms with van der Waals surface area (Å²) in [5.41, 5.74) is 0.834.